The monoisotopic (exact) mass is 236 g/mol. The number of hydrogen-bond donors (Lipinski definition) is 2. The fourth-order valence-electron chi connectivity index (χ4n) is 1.35. The molecule has 0 atom stereocenters. The fraction of sp³-hybridized carbons (Fsp3) is 0.500. The van der Waals surface area contributed by atoms with E-state index >= 15 is 0 Å². The molecule has 1 rings (SSSR count). The molecule has 0 radical (unpaired) electrons. The van der Waals surface area contributed by atoms with Gasteiger partial charge in [0.1, 0.15) is 5.82 Å². The lowest BCUT2D eigenvalue weighted by molar-refractivity contribution is 0.0953. The van der Waals surface area contributed by atoms with Crippen molar-refractivity contribution >= 4 is 11.7 Å². The number of amides is 1. The topological polar surface area (TPSA) is 57.3 Å². The maximum absolute atomic E-state index is 11.7. The molecule has 5 nitrogen and oxygen atoms in total. The van der Waals surface area contributed by atoms with Crippen LogP contribution in [0, 0.1) is 0 Å². The molecule has 94 valence electrons. The van der Waals surface area contributed by atoms with E-state index in [9.17, 15) is 4.79 Å². The molecule has 0 saturated heterocycles. The number of carbonyl (C=O) groups is 1. The van der Waals surface area contributed by atoms with Crippen molar-refractivity contribution in [1.29, 1.82) is 0 Å². The van der Waals surface area contributed by atoms with Crippen molar-refractivity contribution in [1.82, 2.24) is 15.6 Å². The van der Waals surface area contributed by atoms with Crippen LogP contribution in [0.3, 0.4) is 0 Å². The van der Waals surface area contributed by atoms with E-state index in [0.29, 0.717) is 12.1 Å². The molecule has 1 aromatic heterocycles. The second-order valence-corrected chi connectivity index (χ2v) is 4.01. The first kappa shape index (κ1) is 13.4. The first-order valence-electron chi connectivity index (χ1n) is 5.71. The van der Waals surface area contributed by atoms with E-state index in [0.717, 1.165) is 18.8 Å². The van der Waals surface area contributed by atoms with Crippen LogP contribution in [0.2, 0.25) is 0 Å². The van der Waals surface area contributed by atoms with Gasteiger partial charge in [-0.05, 0) is 32.1 Å². The summed E-state index contributed by atoms with van der Waals surface area (Å²) >= 11 is 0. The summed E-state index contributed by atoms with van der Waals surface area (Å²) in [4.78, 5) is 17.8. The zero-order valence-electron chi connectivity index (χ0n) is 10.7. The van der Waals surface area contributed by atoms with Crippen LogP contribution in [0.25, 0.3) is 0 Å². The quantitative estimate of drug-likeness (QED) is 0.706. The molecule has 0 spiro atoms. The summed E-state index contributed by atoms with van der Waals surface area (Å²) in [5.74, 6) is 0.774. The molecular weight excluding hydrogens is 216 g/mol. The summed E-state index contributed by atoms with van der Waals surface area (Å²) in [5, 5.41) is 5.88. The number of rotatable bonds is 6. The smallest absolute Gasteiger partial charge is 0.252 e. The van der Waals surface area contributed by atoms with E-state index in [4.69, 9.17) is 0 Å². The maximum Gasteiger partial charge on any atom is 0.252 e. The number of nitrogens with one attached hydrogen (secondary N) is 2. The molecule has 0 unspecified atom stereocenters. The lowest BCUT2D eigenvalue weighted by Gasteiger charge is -2.11. The minimum Gasteiger partial charge on any atom is -0.363 e. The van der Waals surface area contributed by atoms with Gasteiger partial charge in [-0.2, -0.15) is 0 Å². The van der Waals surface area contributed by atoms with Crippen molar-refractivity contribution in [2.24, 2.45) is 0 Å². The summed E-state index contributed by atoms with van der Waals surface area (Å²) in [5.41, 5.74) is 0.597. The van der Waals surface area contributed by atoms with E-state index in [-0.39, 0.29) is 5.91 Å². The van der Waals surface area contributed by atoms with Gasteiger partial charge in [-0.15, -0.1) is 0 Å². The van der Waals surface area contributed by atoms with Gasteiger partial charge in [0.25, 0.3) is 5.91 Å². The molecule has 1 aromatic rings. The average molecular weight is 236 g/mol. The highest BCUT2D eigenvalue weighted by Gasteiger charge is 2.05. The van der Waals surface area contributed by atoms with Gasteiger partial charge in [-0.3, -0.25) is 4.79 Å². The highest BCUT2D eigenvalue weighted by Crippen LogP contribution is 2.07. The molecule has 0 aliphatic heterocycles. The minimum atomic E-state index is -0.0705. The van der Waals surface area contributed by atoms with E-state index in [2.05, 4.69) is 15.6 Å². The van der Waals surface area contributed by atoms with E-state index in [1.165, 1.54) is 0 Å². The first-order valence-corrected chi connectivity index (χ1v) is 5.71. The lowest BCUT2D eigenvalue weighted by Crippen LogP contribution is -2.26. The number of hydrogen-bond acceptors (Lipinski definition) is 4. The van der Waals surface area contributed by atoms with Crippen LogP contribution >= 0.6 is 0 Å². The second kappa shape index (κ2) is 6.85. The average Bonchev–Trinajstić information content (AvgIpc) is 2.34. The SMILES string of the molecule is CNCCCNC(=O)c1ccc(N(C)C)nc1. The van der Waals surface area contributed by atoms with Gasteiger partial charge < -0.3 is 15.5 Å². The van der Waals surface area contributed by atoms with Crippen LogP contribution in [-0.2, 0) is 0 Å². The van der Waals surface area contributed by atoms with Crippen LogP contribution in [-0.4, -0.2) is 45.1 Å². The Balaban J connectivity index is 2.46. The number of carbonyl (C=O) groups excluding carboxylic acids is 1. The molecule has 0 aromatic carbocycles. The molecule has 0 fully saturated rings. The van der Waals surface area contributed by atoms with Crippen LogP contribution in [0.15, 0.2) is 18.3 Å². The van der Waals surface area contributed by atoms with Crippen LogP contribution in [0.1, 0.15) is 16.8 Å². The van der Waals surface area contributed by atoms with Crippen LogP contribution in [0.4, 0.5) is 5.82 Å². The molecule has 0 saturated carbocycles. The van der Waals surface area contributed by atoms with E-state index < -0.39 is 0 Å². The molecular formula is C12H20N4O. The van der Waals surface area contributed by atoms with Gasteiger partial charge in [0.2, 0.25) is 0 Å². The van der Waals surface area contributed by atoms with Crippen molar-refractivity contribution in [2.75, 3.05) is 39.1 Å². The largest absolute Gasteiger partial charge is 0.363 e. The van der Waals surface area contributed by atoms with Gasteiger partial charge in [0.05, 0.1) is 5.56 Å². The third kappa shape index (κ3) is 4.40. The Morgan fingerprint density at radius 1 is 1.35 bits per heavy atom. The summed E-state index contributed by atoms with van der Waals surface area (Å²) in [6.07, 6.45) is 2.52. The number of aromatic nitrogens is 1. The normalized spacial score (nSPS) is 10.1. The predicted octanol–water partition coefficient (Wildman–Crippen LogP) is 0.487. The minimum absolute atomic E-state index is 0.0705. The molecule has 1 amide bonds. The maximum atomic E-state index is 11.7. The Morgan fingerprint density at radius 2 is 2.12 bits per heavy atom. The van der Waals surface area contributed by atoms with Gasteiger partial charge in [0.15, 0.2) is 0 Å². The lowest BCUT2D eigenvalue weighted by atomic mass is 10.2. The van der Waals surface area contributed by atoms with Crippen molar-refractivity contribution in [3.8, 4) is 0 Å². The highest BCUT2D eigenvalue weighted by atomic mass is 16.1. The van der Waals surface area contributed by atoms with Crippen molar-refractivity contribution in [2.45, 2.75) is 6.42 Å². The van der Waals surface area contributed by atoms with Gasteiger partial charge in [-0.25, -0.2) is 4.98 Å². The Kier molecular flexibility index (Phi) is 5.42. The Bertz CT molecular complexity index is 348. The molecule has 5 heteroatoms. The van der Waals surface area contributed by atoms with Crippen LogP contribution in [0.5, 0.6) is 0 Å². The Morgan fingerprint density at radius 3 is 2.65 bits per heavy atom. The standard InChI is InChI=1S/C12H20N4O/c1-13-7-4-8-14-12(17)10-5-6-11(15-9-10)16(2)3/h5-6,9,13H,4,7-8H2,1-3H3,(H,14,17). The van der Waals surface area contributed by atoms with Crippen molar-refractivity contribution < 1.29 is 4.79 Å². The van der Waals surface area contributed by atoms with Crippen molar-refractivity contribution in [3.63, 3.8) is 0 Å². The van der Waals surface area contributed by atoms with Crippen molar-refractivity contribution in [3.05, 3.63) is 23.9 Å². The summed E-state index contributed by atoms with van der Waals surface area (Å²) < 4.78 is 0. The van der Waals surface area contributed by atoms with Crippen LogP contribution < -0.4 is 15.5 Å². The molecule has 0 aliphatic rings. The molecule has 2 N–H and O–H groups in total. The molecule has 0 bridgehead atoms. The zero-order chi connectivity index (χ0) is 12.7. The Labute approximate surface area is 102 Å². The van der Waals surface area contributed by atoms with E-state index in [1.54, 1.807) is 12.3 Å². The predicted molar refractivity (Wildman–Crippen MR) is 69.4 cm³/mol. The Hall–Kier alpha value is -1.62. The highest BCUT2D eigenvalue weighted by molar-refractivity contribution is 5.94. The number of nitrogens with zero attached hydrogens (tertiary/aromatic N) is 2. The third-order valence-electron chi connectivity index (χ3n) is 2.36. The zero-order valence-corrected chi connectivity index (χ0v) is 10.7. The van der Waals surface area contributed by atoms with Gasteiger partial charge in [-0.1, -0.05) is 0 Å². The van der Waals surface area contributed by atoms with Gasteiger partial charge in [0, 0.05) is 26.8 Å². The molecule has 0 aliphatic carbocycles. The second-order valence-electron chi connectivity index (χ2n) is 4.01. The number of pyridine rings is 1. The first-order chi connectivity index (χ1) is 8.15. The third-order valence-corrected chi connectivity index (χ3v) is 2.36. The molecule has 1 heterocycles. The van der Waals surface area contributed by atoms with E-state index in [1.807, 2.05) is 32.1 Å². The number of anilines is 1. The fourth-order valence-corrected chi connectivity index (χ4v) is 1.35. The van der Waals surface area contributed by atoms with Gasteiger partial charge >= 0.3 is 0 Å². The summed E-state index contributed by atoms with van der Waals surface area (Å²) in [6, 6.07) is 3.62. The summed E-state index contributed by atoms with van der Waals surface area (Å²) in [7, 11) is 5.73. The molecule has 17 heavy (non-hydrogen) atoms. The summed E-state index contributed by atoms with van der Waals surface area (Å²) in [6.45, 7) is 1.58.